The quantitative estimate of drug-likeness (QED) is 0.0265. The molecule has 0 aromatic rings. The average Bonchev–Trinajstić information content (AvgIpc) is 3.16. The summed E-state index contributed by atoms with van der Waals surface area (Å²) in [6, 6.07) is 0.205. The molecular formula is C50H100FIN2O3. The van der Waals surface area contributed by atoms with Gasteiger partial charge in [-0.15, -0.1) is 0 Å². The first-order valence-electron chi connectivity index (χ1n) is 25.0. The molecule has 5 nitrogen and oxygen atoms in total. The second-order valence-corrected chi connectivity index (χ2v) is 18.7. The van der Waals surface area contributed by atoms with Crippen LogP contribution in [0.1, 0.15) is 259 Å². The lowest BCUT2D eigenvalue weighted by atomic mass is 9.97. The van der Waals surface area contributed by atoms with Crippen LogP contribution in [0.3, 0.4) is 0 Å². The number of hydrogen-bond acceptors (Lipinski definition) is 3. The van der Waals surface area contributed by atoms with Gasteiger partial charge in [0.1, 0.15) is 6.10 Å². The number of ether oxygens (including phenoxy) is 1. The summed E-state index contributed by atoms with van der Waals surface area (Å²) in [7, 11) is 6.60. The predicted molar refractivity (Wildman–Crippen MR) is 242 cm³/mol. The van der Waals surface area contributed by atoms with Crippen molar-refractivity contribution in [1.29, 1.82) is 0 Å². The average molecular weight is 923 g/mol. The van der Waals surface area contributed by atoms with Crippen LogP contribution >= 0.6 is 0 Å². The van der Waals surface area contributed by atoms with E-state index in [1.165, 1.54) is 135 Å². The number of hydrogen-bond donors (Lipinski definition) is 0. The number of alkyl halides is 1. The SMILES string of the molecule is CCCCCCCCCCN(C(=O)CCC[N+](C)(C)C)C(CCCCCCCCC)CCCCC(F)C(=O)OC(CCCCCCCC)CCCCCCCC.[I-]. The topological polar surface area (TPSA) is 46.6 Å². The Morgan fingerprint density at radius 3 is 1.26 bits per heavy atom. The van der Waals surface area contributed by atoms with Crippen molar-refractivity contribution in [2.75, 3.05) is 34.2 Å². The molecule has 57 heavy (non-hydrogen) atoms. The number of amides is 1. The smallest absolute Gasteiger partial charge is 0.340 e. The van der Waals surface area contributed by atoms with E-state index in [0.717, 1.165) is 94.6 Å². The molecular weight excluding hydrogens is 822 g/mol. The van der Waals surface area contributed by atoms with Gasteiger partial charge in [0.05, 0.1) is 27.7 Å². The maximum absolute atomic E-state index is 15.4. The molecule has 0 radical (unpaired) electrons. The number of quaternary nitrogens is 1. The van der Waals surface area contributed by atoms with Crippen LogP contribution in [0, 0.1) is 0 Å². The fourth-order valence-electron chi connectivity index (χ4n) is 8.19. The second kappa shape index (κ2) is 42.3. The molecule has 0 bridgehead atoms. The minimum absolute atomic E-state index is 0. The molecule has 0 fully saturated rings. The third-order valence-electron chi connectivity index (χ3n) is 11.9. The van der Waals surface area contributed by atoms with Crippen molar-refractivity contribution < 1.29 is 47.2 Å². The normalized spacial score (nSPS) is 12.8. The van der Waals surface area contributed by atoms with E-state index in [0.29, 0.717) is 18.7 Å². The van der Waals surface area contributed by atoms with Crippen molar-refractivity contribution in [1.82, 2.24) is 4.90 Å². The van der Waals surface area contributed by atoms with Crippen molar-refractivity contribution in [2.24, 2.45) is 0 Å². The molecule has 0 rings (SSSR count). The number of nitrogens with zero attached hydrogens (tertiary/aromatic N) is 2. The number of carbonyl (C=O) groups is 2. The molecule has 2 unspecified atom stereocenters. The van der Waals surface area contributed by atoms with Gasteiger partial charge in [0.15, 0.2) is 6.17 Å². The Hall–Kier alpha value is -0.440. The molecule has 0 N–H and O–H groups in total. The fourth-order valence-corrected chi connectivity index (χ4v) is 8.19. The number of esters is 1. The second-order valence-electron chi connectivity index (χ2n) is 18.7. The lowest BCUT2D eigenvalue weighted by molar-refractivity contribution is -0.870. The van der Waals surface area contributed by atoms with Crippen LogP contribution in [-0.4, -0.2) is 73.8 Å². The first kappa shape index (κ1) is 58.7. The van der Waals surface area contributed by atoms with E-state index in [2.05, 4.69) is 53.7 Å². The largest absolute Gasteiger partial charge is 1.00 e. The molecule has 2 atom stereocenters. The molecule has 0 aliphatic heterocycles. The van der Waals surface area contributed by atoms with Crippen molar-refractivity contribution in [3.8, 4) is 0 Å². The van der Waals surface area contributed by atoms with Gasteiger partial charge in [-0.1, -0.05) is 188 Å². The lowest BCUT2D eigenvalue weighted by Crippen LogP contribution is -3.00. The van der Waals surface area contributed by atoms with E-state index < -0.39 is 12.1 Å². The van der Waals surface area contributed by atoms with Gasteiger partial charge in [0.2, 0.25) is 5.91 Å². The minimum Gasteiger partial charge on any atom is -1.00 e. The molecule has 7 heteroatoms. The fraction of sp³-hybridized carbons (Fsp3) is 0.960. The summed E-state index contributed by atoms with van der Waals surface area (Å²) in [5.41, 5.74) is 0. The van der Waals surface area contributed by atoms with Gasteiger partial charge in [-0.2, -0.15) is 0 Å². The zero-order chi connectivity index (χ0) is 41.5. The predicted octanol–water partition coefficient (Wildman–Crippen LogP) is 12.3. The van der Waals surface area contributed by atoms with E-state index >= 15 is 4.39 Å². The van der Waals surface area contributed by atoms with Gasteiger partial charge in [-0.05, 0) is 57.8 Å². The summed E-state index contributed by atoms with van der Waals surface area (Å²) in [6.45, 7) is 10.8. The standard InChI is InChI=1S/C50H100FN2O3.HI/c1-8-12-16-20-24-26-30-36-44-52(49(54)43-37-45-53(5,6)7)46(38-31-27-25-21-17-13-9-2)39-34-35-42-48(51)50(55)56-47(40-32-28-22-18-14-10-3)41-33-29-23-19-15-11-4;/h46-48H,8-45H2,1-7H3;1H/q+1;/p-1. The maximum atomic E-state index is 15.4. The number of halogens is 2. The number of unbranched alkanes of at least 4 members (excludes halogenated alkanes) is 24. The Morgan fingerprint density at radius 2 is 0.842 bits per heavy atom. The van der Waals surface area contributed by atoms with Gasteiger partial charge in [-0.25, -0.2) is 9.18 Å². The zero-order valence-corrected chi connectivity index (χ0v) is 41.6. The lowest BCUT2D eigenvalue weighted by Gasteiger charge is -2.33. The van der Waals surface area contributed by atoms with Crippen molar-refractivity contribution in [2.45, 2.75) is 277 Å². The molecule has 1 amide bonds. The van der Waals surface area contributed by atoms with E-state index in [-0.39, 0.29) is 42.5 Å². The van der Waals surface area contributed by atoms with Crippen LogP contribution in [0.5, 0.6) is 0 Å². The molecule has 0 aromatic heterocycles. The van der Waals surface area contributed by atoms with E-state index in [1.54, 1.807) is 0 Å². The van der Waals surface area contributed by atoms with Crippen molar-refractivity contribution in [3.63, 3.8) is 0 Å². The molecule has 0 aliphatic carbocycles. The Bertz CT molecular complexity index is 853. The van der Waals surface area contributed by atoms with Crippen LogP contribution in [0.4, 0.5) is 4.39 Å². The molecule has 0 heterocycles. The Labute approximate surface area is 373 Å². The van der Waals surface area contributed by atoms with Crippen molar-refractivity contribution in [3.05, 3.63) is 0 Å². The van der Waals surface area contributed by atoms with E-state index in [1.807, 2.05) is 0 Å². The number of rotatable bonds is 43. The van der Waals surface area contributed by atoms with Gasteiger partial charge in [-0.3, -0.25) is 4.79 Å². The van der Waals surface area contributed by atoms with Crippen molar-refractivity contribution >= 4 is 11.9 Å². The highest BCUT2D eigenvalue weighted by Crippen LogP contribution is 2.23. The van der Waals surface area contributed by atoms with Crippen LogP contribution in [0.25, 0.3) is 0 Å². The van der Waals surface area contributed by atoms with Crippen LogP contribution in [0.2, 0.25) is 0 Å². The van der Waals surface area contributed by atoms with Gasteiger partial charge >= 0.3 is 5.97 Å². The maximum Gasteiger partial charge on any atom is 0.340 e. The monoisotopic (exact) mass is 923 g/mol. The van der Waals surface area contributed by atoms with Crippen LogP contribution < -0.4 is 24.0 Å². The summed E-state index contributed by atoms with van der Waals surface area (Å²) in [5, 5.41) is 0. The van der Waals surface area contributed by atoms with Crippen LogP contribution in [0.15, 0.2) is 0 Å². The Kier molecular flexibility index (Phi) is 43.5. The third-order valence-corrected chi connectivity index (χ3v) is 11.9. The highest BCUT2D eigenvalue weighted by molar-refractivity contribution is 5.76. The summed E-state index contributed by atoms with van der Waals surface area (Å²) >= 11 is 0. The highest BCUT2D eigenvalue weighted by Gasteiger charge is 2.26. The molecule has 0 aromatic carbocycles. The third kappa shape index (κ3) is 38.2. The molecule has 0 aliphatic rings. The van der Waals surface area contributed by atoms with E-state index in [4.69, 9.17) is 4.74 Å². The summed E-state index contributed by atoms with van der Waals surface area (Å²) in [4.78, 5) is 29.2. The minimum atomic E-state index is -1.56. The first-order chi connectivity index (χ1) is 27.1. The highest BCUT2D eigenvalue weighted by atomic mass is 127. The van der Waals surface area contributed by atoms with Crippen LogP contribution in [-0.2, 0) is 14.3 Å². The van der Waals surface area contributed by atoms with Gasteiger partial charge in [0, 0.05) is 25.4 Å². The van der Waals surface area contributed by atoms with Gasteiger partial charge in [0.25, 0.3) is 0 Å². The molecule has 0 saturated carbocycles. The Balaban J connectivity index is 0. The summed E-state index contributed by atoms with van der Waals surface area (Å²) < 4.78 is 22.2. The molecule has 0 spiro atoms. The molecule has 342 valence electrons. The number of carbonyl (C=O) groups excluding carboxylic acids is 2. The Morgan fingerprint density at radius 1 is 0.491 bits per heavy atom. The summed E-state index contributed by atoms with van der Waals surface area (Å²) in [5.74, 6) is -0.335. The zero-order valence-electron chi connectivity index (χ0n) is 39.5. The summed E-state index contributed by atoms with van der Waals surface area (Å²) in [6.07, 6.45) is 38.6. The van der Waals surface area contributed by atoms with E-state index in [9.17, 15) is 9.59 Å². The first-order valence-corrected chi connectivity index (χ1v) is 25.0. The van der Waals surface area contributed by atoms with Gasteiger partial charge < -0.3 is 38.1 Å². The molecule has 0 saturated heterocycles.